The normalized spacial score (nSPS) is 23.7. The fraction of sp³-hybridized carbons (Fsp3) is 0.474. The maximum absolute atomic E-state index is 14.2. The number of hydrogen-bond acceptors (Lipinski definition) is 10. The van der Waals surface area contributed by atoms with Gasteiger partial charge in [0.15, 0.2) is 11.4 Å². The molecular formula is C38H47N3O8. The van der Waals surface area contributed by atoms with Crippen LogP contribution in [0.2, 0.25) is 0 Å². The first-order valence-corrected chi connectivity index (χ1v) is 16.6. The minimum Gasteiger partial charge on any atom is -0.508 e. The van der Waals surface area contributed by atoms with Gasteiger partial charge in [0.25, 0.3) is 5.91 Å². The molecule has 6 N–H and O–H groups in total. The largest absolute Gasteiger partial charge is 0.508 e. The van der Waals surface area contributed by atoms with Gasteiger partial charge in [-0.3, -0.25) is 24.1 Å². The first-order chi connectivity index (χ1) is 22.8. The highest BCUT2D eigenvalue weighted by atomic mass is 16.3. The van der Waals surface area contributed by atoms with Crippen LogP contribution in [0.1, 0.15) is 61.4 Å². The lowest BCUT2D eigenvalue weighted by Crippen LogP contribution is -2.65. The van der Waals surface area contributed by atoms with Crippen LogP contribution in [0.3, 0.4) is 0 Å². The molecule has 11 nitrogen and oxygen atoms in total. The molecule has 3 aliphatic carbocycles. The lowest BCUT2D eigenvalue weighted by atomic mass is 9.57. The summed E-state index contributed by atoms with van der Waals surface area (Å²) in [6, 6.07) is 8.63. The summed E-state index contributed by atoms with van der Waals surface area (Å²) in [6.45, 7) is 6.52. The van der Waals surface area contributed by atoms with Crippen LogP contribution in [-0.2, 0) is 44.9 Å². The number of Topliss-reactive ketones (excluding diaryl/α,β-unsaturated/α-hetero) is 3. The molecule has 262 valence electrons. The van der Waals surface area contributed by atoms with Crippen molar-refractivity contribution in [3.8, 4) is 5.75 Å². The maximum Gasteiger partial charge on any atom is 0.255 e. The number of anilines is 1. The highest BCUT2D eigenvalue weighted by Crippen LogP contribution is 2.54. The van der Waals surface area contributed by atoms with Crippen molar-refractivity contribution in [3.63, 3.8) is 0 Å². The van der Waals surface area contributed by atoms with Crippen LogP contribution in [0.4, 0.5) is 5.69 Å². The molecule has 3 aliphatic rings. The molecule has 1 fully saturated rings. The number of rotatable bonds is 9. The SMILES string of the molecule is CN(C)c1cc(CCC(=O)Cc2ccc(CC(C)(C)C)cc2)c(O)c2c1C[C@H]1C[C@H]3[C@@H](N(C)C)C(=O)C(C(N)=O)=C(O)[C@@]3(O)C(=O)C1=C2O. The molecule has 0 aliphatic heterocycles. The molecule has 0 unspecified atom stereocenters. The van der Waals surface area contributed by atoms with Crippen molar-refractivity contribution < 1.29 is 39.6 Å². The highest BCUT2D eigenvalue weighted by molar-refractivity contribution is 6.24. The van der Waals surface area contributed by atoms with Crippen LogP contribution in [-0.4, -0.2) is 88.4 Å². The van der Waals surface area contributed by atoms with Gasteiger partial charge in [-0.15, -0.1) is 0 Å². The van der Waals surface area contributed by atoms with Crippen molar-refractivity contribution in [1.82, 2.24) is 4.90 Å². The molecular weight excluding hydrogens is 626 g/mol. The Morgan fingerprint density at radius 3 is 2.16 bits per heavy atom. The number of aromatic hydroxyl groups is 1. The summed E-state index contributed by atoms with van der Waals surface area (Å²) < 4.78 is 0. The molecule has 0 bridgehead atoms. The number of nitrogens with two attached hydrogens (primary N) is 1. The molecule has 0 heterocycles. The lowest BCUT2D eigenvalue weighted by Gasteiger charge is -2.50. The van der Waals surface area contributed by atoms with Crippen molar-refractivity contribution in [1.29, 1.82) is 0 Å². The number of amides is 1. The number of benzene rings is 2. The molecule has 0 saturated heterocycles. The molecule has 2 aromatic carbocycles. The molecule has 5 rings (SSSR count). The number of primary amides is 1. The Morgan fingerprint density at radius 2 is 1.61 bits per heavy atom. The smallest absolute Gasteiger partial charge is 0.255 e. The first kappa shape index (κ1) is 35.8. The Labute approximate surface area is 286 Å². The number of aliphatic hydroxyl groups is 3. The number of carbonyl (C=O) groups excluding carboxylic acids is 4. The average molecular weight is 674 g/mol. The van der Waals surface area contributed by atoms with Gasteiger partial charge < -0.3 is 31.1 Å². The Kier molecular flexibility index (Phi) is 9.33. The monoisotopic (exact) mass is 673 g/mol. The Balaban J connectivity index is 1.49. The number of nitrogens with zero attached hydrogens (tertiary/aromatic N) is 2. The molecule has 0 radical (unpaired) electrons. The predicted molar refractivity (Wildman–Crippen MR) is 185 cm³/mol. The molecule has 4 atom stereocenters. The van der Waals surface area contributed by atoms with Gasteiger partial charge in [-0.1, -0.05) is 45.0 Å². The van der Waals surface area contributed by atoms with Crippen LogP contribution < -0.4 is 10.6 Å². The number of phenols is 1. The van der Waals surface area contributed by atoms with E-state index in [0.29, 0.717) is 16.8 Å². The van der Waals surface area contributed by atoms with Gasteiger partial charge in [-0.05, 0) is 79.4 Å². The third kappa shape index (κ3) is 6.25. The summed E-state index contributed by atoms with van der Waals surface area (Å²) in [5.41, 5.74) is 5.53. The van der Waals surface area contributed by atoms with E-state index in [9.17, 15) is 39.6 Å². The number of carbonyl (C=O) groups is 4. The fourth-order valence-electron chi connectivity index (χ4n) is 7.91. The lowest BCUT2D eigenvalue weighted by molar-refractivity contribution is -0.153. The Hall–Kier alpha value is -4.48. The molecule has 1 amide bonds. The third-order valence-electron chi connectivity index (χ3n) is 10.1. The van der Waals surface area contributed by atoms with E-state index in [1.165, 1.54) is 10.5 Å². The van der Waals surface area contributed by atoms with Crippen LogP contribution in [0.5, 0.6) is 5.75 Å². The Bertz CT molecular complexity index is 1800. The number of likely N-dealkylation sites (N-methyl/N-ethyl adjacent to an activating group) is 1. The van der Waals surface area contributed by atoms with E-state index < -0.39 is 58.0 Å². The number of aliphatic hydroxyl groups excluding tert-OH is 2. The van der Waals surface area contributed by atoms with Crippen molar-refractivity contribution in [2.75, 3.05) is 33.1 Å². The van der Waals surface area contributed by atoms with E-state index in [0.717, 1.165) is 12.0 Å². The van der Waals surface area contributed by atoms with Crippen molar-refractivity contribution in [3.05, 3.63) is 75.1 Å². The molecule has 2 aromatic rings. The van der Waals surface area contributed by atoms with E-state index in [1.54, 1.807) is 20.2 Å². The van der Waals surface area contributed by atoms with E-state index in [1.807, 2.05) is 43.3 Å². The summed E-state index contributed by atoms with van der Waals surface area (Å²) in [6.07, 6.45) is 1.63. The van der Waals surface area contributed by atoms with Crippen molar-refractivity contribution in [2.24, 2.45) is 23.0 Å². The van der Waals surface area contributed by atoms with Crippen LogP contribution >= 0.6 is 0 Å². The van der Waals surface area contributed by atoms with E-state index >= 15 is 0 Å². The zero-order valence-electron chi connectivity index (χ0n) is 29.3. The minimum absolute atomic E-state index is 0.00678. The van der Waals surface area contributed by atoms with Gasteiger partial charge in [-0.2, -0.15) is 0 Å². The fourth-order valence-corrected chi connectivity index (χ4v) is 7.91. The van der Waals surface area contributed by atoms with E-state index in [4.69, 9.17) is 5.73 Å². The molecule has 0 aromatic heterocycles. The maximum atomic E-state index is 14.2. The van der Waals surface area contributed by atoms with Gasteiger partial charge in [-0.25, -0.2) is 0 Å². The summed E-state index contributed by atoms with van der Waals surface area (Å²) >= 11 is 0. The number of hydrogen-bond donors (Lipinski definition) is 5. The third-order valence-corrected chi connectivity index (χ3v) is 10.1. The van der Waals surface area contributed by atoms with E-state index in [2.05, 4.69) is 20.8 Å². The van der Waals surface area contributed by atoms with Gasteiger partial charge in [0.2, 0.25) is 5.78 Å². The number of ketones is 3. The molecule has 1 saturated carbocycles. The average Bonchev–Trinajstić information content (AvgIpc) is 2.98. The minimum atomic E-state index is -2.71. The second-order valence-corrected chi connectivity index (χ2v) is 15.4. The number of fused-ring (bicyclic) bond motifs is 3. The quantitative estimate of drug-likeness (QED) is 0.248. The summed E-state index contributed by atoms with van der Waals surface area (Å²) in [5, 5.41) is 46.3. The Morgan fingerprint density at radius 1 is 1.00 bits per heavy atom. The van der Waals surface area contributed by atoms with Crippen LogP contribution in [0, 0.1) is 17.3 Å². The van der Waals surface area contributed by atoms with E-state index in [-0.39, 0.29) is 60.2 Å². The number of aryl methyl sites for hydroxylation is 1. The van der Waals surface area contributed by atoms with Gasteiger partial charge in [0.05, 0.1) is 11.6 Å². The van der Waals surface area contributed by atoms with Gasteiger partial charge in [0.1, 0.15) is 28.6 Å². The summed E-state index contributed by atoms with van der Waals surface area (Å²) in [7, 11) is 6.74. The second-order valence-electron chi connectivity index (χ2n) is 15.4. The zero-order valence-corrected chi connectivity index (χ0v) is 29.3. The van der Waals surface area contributed by atoms with Crippen molar-refractivity contribution >= 4 is 34.7 Å². The predicted octanol–water partition coefficient (Wildman–Crippen LogP) is 3.36. The first-order valence-electron chi connectivity index (χ1n) is 16.6. The standard InChI is InChI=1S/C38H47N3O8/c1-37(2,3)18-20-10-8-19(9-11-20)14-23(42)13-12-21-17-26(40(4)5)24-15-22-16-25-30(41(6)7)33(45)29(36(39)48)35(47)38(25,49)34(46)27(22)32(44)28(24)31(21)43/h8-11,17,22,25,30,43-44,47,49H,12-16,18H2,1-7H3,(H2,39,48)/t22-,25-,30+,38-/m0/s1. The number of phenolic OH excluding ortho intramolecular Hbond substituents is 1. The second kappa shape index (κ2) is 12.8. The van der Waals surface area contributed by atoms with Gasteiger partial charge in [0, 0.05) is 44.1 Å². The topological polar surface area (TPSA) is 182 Å². The van der Waals surface area contributed by atoms with Gasteiger partial charge >= 0.3 is 0 Å². The molecule has 11 heteroatoms. The highest BCUT2D eigenvalue weighted by Gasteiger charge is 2.64. The van der Waals surface area contributed by atoms with Crippen molar-refractivity contribution in [2.45, 2.75) is 70.9 Å². The van der Waals surface area contributed by atoms with Crippen LogP contribution in [0.15, 0.2) is 47.2 Å². The van der Waals surface area contributed by atoms with Crippen LogP contribution in [0.25, 0.3) is 5.76 Å². The molecule has 49 heavy (non-hydrogen) atoms. The zero-order chi connectivity index (χ0) is 36.3. The summed E-state index contributed by atoms with van der Waals surface area (Å²) in [5.74, 6) is -6.97. The summed E-state index contributed by atoms with van der Waals surface area (Å²) in [4.78, 5) is 56.2. The molecule has 0 spiro atoms.